The van der Waals surface area contributed by atoms with E-state index in [-0.39, 0.29) is 11.4 Å². The SMILES string of the molecule is CC1CCC2(CC1)CSC(=NCCC(N)=O)N2. The van der Waals surface area contributed by atoms with E-state index >= 15 is 0 Å². The highest BCUT2D eigenvalue weighted by molar-refractivity contribution is 8.14. The van der Waals surface area contributed by atoms with Crippen molar-refractivity contribution in [2.75, 3.05) is 12.3 Å². The normalized spacial score (nSPS) is 35.1. The molecule has 1 saturated carbocycles. The number of rotatable bonds is 3. The van der Waals surface area contributed by atoms with Gasteiger partial charge in [0.05, 0.1) is 6.54 Å². The van der Waals surface area contributed by atoms with Crippen LogP contribution < -0.4 is 11.1 Å². The third-order valence-electron chi connectivity index (χ3n) is 3.70. The van der Waals surface area contributed by atoms with Gasteiger partial charge in [-0.25, -0.2) is 0 Å². The summed E-state index contributed by atoms with van der Waals surface area (Å²) in [5, 5.41) is 4.56. The van der Waals surface area contributed by atoms with Crippen LogP contribution >= 0.6 is 11.8 Å². The van der Waals surface area contributed by atoms with Gasteiger partial charge < -0.3 is 11.1 Å². The summed E-state index contributed by atoms with van der Waals surface area (Å²) in [6.07, 6.45) is 5.45. The zero-order valence-corrected chi connectivity index (χ0v) is 11.2. The Labute approximate surface area is 107 Å². The van der Waals surface area contributed by atoms with Crippen LogP contribution in [0.15, 0.2) is 4.99 Å². The highest BCUT2D eigenvalue weighted by atomic mass is 32.2. The number of nitrogens with two attached hydrogens (primary N) is 1. The second-order valence-corrected chi connectivity index (χ2v) is 6.24. The summed E-state index contributed by atoms with van der Waals surface area (Å²) in [6, 6.07) is 0. The Morgan fingerprint density at radius 2 is 2.29 bits per heavy atom. The molecule has 0 bridgehead atoms. The average Bonchev–Trinajstić information content (AvgIpc) is 2.67. The van der Waals surface area contributed by atoms with E-state index in [2.05, 4.69) is 17.2 Å². The van der Waals surface area contributed by atoms with Gasteiger partial charge in [0.2, 0.25) is 5.91 Å². The van der Waals surface area contributed by atoms with Gasteiger partial charge in [0.1, 0.15) is 0 Å². The van der Waals surface area contributed by atoms with Crippen LogP contribution in [0.5, 0.6) is 0 Å². The molecule has 2 aliphatic rings. The van der Waals surface area contributed by atoms with Crippen molar-refractivity contribution in [3.05, 3.63) is 0 Å². The van der Waals surface area contributed by atoms with Crippen LogP contribution in [-0.2, 0) is 4.79 Å². The van der Waals surface area contributed by atoms with Crippen molar-refractivity contribution in [3.8, 4) is 0 Å². The second kappa shape index (κ2) is 5.29. The number of carbonyl (C=O) groups excluding carboxylic acids is 1. The van der Waals surface area contributed by atoms with E-state index in [1.54, 1.807) is 11.8 Å². The molecule has 0 aromatic heterocycles. The zero-order valence-electron chi connectivity index (χ0n) is 10.4. The van der Waals surface area contributed by atoms with Gasteiger partial charge in [-0.05, 0) is 31.6 Å². The lowest BCUT2D eigenvalue weighted by atomic mass is 9.78. The fourth-order valence-electron chi connectivity index (χ4n) is 2.44. The number of amidine groups is 1. The van der Waals surface area contributed by atoms with Gasteiger partial charge in [0.15, 0.2) is 5.17 Å². The van der Waals surface area contributed by atoms with Gasteiger partial charge in [0, 0.05) is 17.7 Å². The number of nitrogens with one attached hydrogen (secondary N) is 1. The van der Waals surface area contributed by atoms with E-state index in [0.717, 1.165) is 16.8 Å². The van der Waals surface area contributed by atoms with Crippen LogP contribution in [0.4, 0.5) is 0 Å². The molecular formula is C12H21N3OS. The van der Waals surface area contributed by atoms with Gasteiger partial charge in [0.25, 0.3) is 0 Å². The topological polar surface area (TPSA) is 67.5 Å². The number of primary amides is 1. The molecule has 0 radical (unpaired) electrons. The van der Waals surface area contributed by atoms with Gasteiger partial charge in [-0.2, -0.15) is 0 Å². The van der Waals surface area contributed by atoms with Crippen molar-refractivity contribution in [1.29, 1.82) is 0 Å². The molecule has 1 amide bonds. The Morgan fingerprint density at radius 1 is 1.59 bits per heavy atom. The van der Waals surface area contributed by atoms with Gasteiger partial charge >= 0.3 is 0 Å². The lowest BCUT2D eigenvalue weighted by molar-refractivity contribution is -0.117. The molecule has 1 saturated heterocycles. The molecule has 4 nitrogen and oxygen atoms in total. The van der Waals surface area contributed by atoms with Crippen molar-refractivity contribution in [2.24, 2.45) is 16.6 Å². The van der Waals surface area contributed by atoms with Crippen molar-refractivity contribution >= 4 is 22.8 Å². The molecule has 1 heterocycles. The molecule has 0 atom stereocenters. The van der Waals surface area contributed by atoms with Crippen LogP contribution in [-0.4, -0.2) is 28.9 Å². The molecule has 0 unspecified atom stereocenters. The van der Waals surface area contributed by atoms with Crippen molar-refractivity contribution in [2.45, 2.75) is 44.6 Å². The first-order valence-corrected chi connectivity index (χ1v) is 7.32. The summed E-state index contributed by atoms with van der Waals surface area (Å²) < 4.78 is 0. The Bertz CT molecular complexity index is 322. The first-order valence-electron chi connectivity index (χ1n) is 6.33. The van der Waals surface area contributed by atoms with Crippen LogP contribution in [0.3, 0.4) is 0 Å². The number of amides is 1. The minimum absolute atomic E-state index is 0.279. The second-order valence-electron chi connectivity index (χ2n) is 5.28. The summed E-state index contributed by atoms with van der Waals surface area (Å²) in [6.45, 7) is 2.84. The maximum atomic E-state index is 10.6. The smallest absolute Gasteiger partial charge is 0.219 e. The Hall–Kier alpha value is -0.710. The Balaban J connectivity index is 1.84. The third-order valence-corrected chi connectivity index (χ3v) is 4.90. The molecule has 17 heavy (non-hydrogen) atoms. The molecule has 2 fully saturated rings. The van der Waals surface area contributed by atoms with Crippen molar-refractivity contribution in [1.82, 2.24) is 5.32 Å². The summed E-state index contributed by atoms with van der Waals surface area (Å²) in [7, 11) is 0. The third kappa shape index (κ3) is 3.37. The van der Waals surface area contributed by atoms with Crippen LogP contribution in [0.2, 0.25) is 0 Å². The van der Waals surface area contributed by atoms with E-state index in [1.165, 1.54) is 25.7 Å². The monoisotopic (exact) mass is 255 g/mol. The summed E-state index contributed by atoms with van der Waals surface area (Å²) in [5.74, 6) is 1.71. The highest BCUT2D eigenvalue weighted by Gasteiger charge is 2.39. The summed E-state index contributed by atoms with van der Waals surface area (Å²) in [5.41, 5.74) is 5.37. The van der Waals surface area contributed by atoms with Crippen LogP contribution in [0, 0.1) is 5.92 Å². The Morgan fingerprint density at radius 3 is 2.94 bits per heavy atom. The van der Waals surface area contributed by atoms with Crippen molar-refractivity contribution < 1.29 is 4.79 Å². The minimum Gasteiger partial charge on any atom is -0.370 e. The number of hydrogen-bond donors (Lipinski definition) is 2. The number of thioether (sulfide) groups is 1. The van der Waals surface area contributed by atoms with E-state index in [1.807, 2.05) is 0 Å². The van der Waals surface area contributed by atoms with Gasteiger partial charge in [-0.1, -0.05) is 18.7 Å². The molecular weight excluding hydrogens is 234 g/mol. The van der Waals surface area contributed by atoms with Crippen LogP contribution in [0.1, 0.15) is 39.0 Å². The first-order chi connectivity index (χ1) is 8.10. The number of carbonyl (C=O) groups is 1. The van der Waals surface area contributed by atoms with E-state index in [9.17, 15) is 4.79 Å². The standard InChI is InChI=1S/C12H21N3OS/c1-9-2-5-12(6-3-9)8-17-11(15-12)14-7-4-10(13)16/h9H,2-8H2,1H3,(H2,13,16)(H,14,15). The molecule has 96 valence electrons. The fourth-order valence-corrected chi connectivity index (χ4v) is 3.69. The first kappa shape index (κ1) is 12.7. The van der Waals surface area contributed by atoms with E-state index in [4.69, 9.17) is 5.73 Å². The molecule has 0 aromatic carbocycles. The quantitative estimate of drug-likeness (QED) is 0.803. The maximum absolute atomic E-state index is 10.6. The fraction of sp³-hybridized carbons (Fsp3) is 0.833. The molecule has 1 aliphatic heterocycles. The van der Waals surface area contributed by atoms with E-state index < -0.39 is 0 Å². The van der Waals surface area contributed by atoms with Crippen LogP contribution in [0.25, 0.3) is 0 Å². The van der Waals surface area contributed by atoms with Crippen molar-refractivity contribution in [3.63, 3.8) is 0 Å². The molecule has 3 N–H and O–H groups in total. The zero-order chi connectivity index (χ0) is 12.3. The highest BCUT2D eigenvalue weighted by Crippen LogP contribution is 2.38. The lowest BCUT2D eigenvalue weighted by Crippen LogP contribution is -2.46. The number of hydrogen-bond acceptors (Lipinski definition) is 3. The number of nitrogens with zero attached hydrogens (tertiary/aromatic N) is 1. The number of aliphatic imine (C=N–C) groups is 1. The average molecular weight is 255 g/mol. The molecule has 1 aliphatic carbocycles. The van der Waals surface area contributed by atoms with E-state index in [0.29, 0.717) is 13.0 Å². The molecule has 1 spiro atoms. The lowest BCUT2D eigenvalue weighted by Gasteiger charge is -2.35. The largest absolute Gasteiger partial charge is 0.370 e. The van der Waals surface area contributed by atoms with Gasteiger partial charge in [-0.3, -0.25) is 9.79 Å². The van der Waals surface area contributed by atoms with Gasteiger partial charge in [-0.15, -0.1) is 0 Å². The molecule has 5 heteroatoms. The summed E-state index contributed by atoms with van der Waals surface area (Å²) in [4.78, 5) is 15.0. The predicted octanol–water partition coefficient (Wildman–Crippen LogP) is 1.50. The maximum Gasteiger partial charge on any atom is 0.219 e. The Kier molecular flexibility index (Phi) is 3.97. The predicted molar refractivity (Wildman–Crippen MR) is 72.1 cm³/mol. The molecule has 2 rings (SSSR count). The minimum atomic E-state index is -0.279. The molecule has 0 aromatic rings. The summed E-state index contributed by atoms with van der Waals surface area (Å²) >= 11 is 1.79.